The van der Waals surface area contributed by atoms with Crippen molar-refractivity contribution in [3.63, 3.8) is 0 Å². The lowest BCUT2D eigenvalue weighted by Crippen LogP contribution is -2.01. The fraction of sp³-hybridized carbons (Fsp3) is 0.0526. The number of aromatic nitrogens is 2. The average Bonchev–Trinajstić information content (AvgIpc) is 2.89. The van der Waals surface area contributed by atoms with E-state index in [0.717, 1.165) is 27.1 Å². The van der Waals surface area contributed by atoms with Gasteiger partial charge in [0.1, 0.15) is 0 Å². The molecular formula is C19H12ClN3. The molecule has 0 amide bonds. The van der Waals surface area contributed by atoms with Crippen molar-refractivity contribution in [3.8, 4) is 6.07 Å². The van der Waals surface area contributed by atoms with Gasteiger partial charge in [0.05, 0.1) is 23.9 Å². The van der Waals surface area contributed by atoms with Gasteiger partial charge in [0, 0.05) is 33.0 Å². The second-order valence-corrected chi connectivity index (χ2v) is 5.85. The maximum atomic E-state index is 9.06. The van der Waals surface area contributed by atoms with Crippen LogP contribution in [0.25, 0.3) is 21.8 Å². The highest BCUT2D eigenvalue weighted by Crippen LogP contribution is 2.31. The van der Waals surface area contributed by atoms with Crippen LogP contribution in [0, 0.1) is 11.3 Å². The molecule has 2 aromatic heterocycles. The number of pyridine rings is 1. The Hall–Kier alpha value is -2.83. The highest BCUT2D eigenvalue weighted by molar-refractivity contribution is 6.31. The van der Waals surface area contributed by atoms with Gasteiger partial charge in [-0.05, 0) is 36.4 Å². The van der Waals surface area contributed by atoms with Crippen LogP contribution in [0.2, 0.25) is 5.02 Å². The summed E-state index contributed by atoms with van der Waals surface area (Å²) < 4.78 is 2.21. The van der Waals surface area contributed by atoms with E-state index in [0.29, 0.717) is 12.1 Å². The van der Waals surface area contributed by atoms with Crippen LogP contribution in [0.15, 0.2) is 60.8 Å². The monoisotopic (exact) mass is 317 g/mol. The summed E-state index contributed by atoms with van der Waals surface area (Å²) in [6, 6.07) is 19.9. The number of nitriles is 1. The molecule has 110 valence electrons. The van der Waals surface area contributed by atoms with Crippen molar-refractivity contribution in [2.24, 2.45) is 0 Å². The van der Waals surface area contributed by atoms with Gasteiger partial charge in [-0.15, -0.1) is 0 Å². The van der Waals surface area contributed by atoms with Crippen LogP contribution >= 0.6 is 11.6 Å². The van der Waals surface area contributed by atoms with Gasteiger partial charge in [0.25, 0.3) is 0 Å². The molecule has 0 aliphatic heterocycles. The third kappa shape index (κ3) is 2.34. The summed E-state index contributed by atoms with van der Waals surface area (Å²) in [7, 11) is 0. The first-order valence-corrected chi connectivity index (χ1v) is 7.65. The van der Waals surface area contributed by atoms with Crippen LogP contribution in [0.5, 0.6) is 0 Å². The molecule has 0 N–H and O–H groups in total. The molecule has 2 aromatic carbocycles. The van der Waals surface area contributed by atoms with E-state index in [4.69, 9.17) is 16.9 Å². The number of benzene rings is 2. The molecule has 0 spiro atoms. The molecule has 2 heterocycles. The number of halogens is 1. The van der Waals surface area contributed by atoms with Crippen LogP contribution in [-0.2, 0) is 6.54 Å². The Labute approximate surface area is 138 Å². The minimum absolute atomic E-state index is 0.612. The van der Waals surface area contributed by atoms with Gasteiger partial charge in [-0.1, -0.05) is 29.8 Å². The average molecular weight is 318 g/mol. The van der Waals surface area contributed by atoms with Gasteiger partial charge in [-0.3, -0.25) is 4.98 Å². The van der Waals surface area contributed by atoms with Gasteiger partial charge in [-0.2, -0.15) is 5.26 Å². The van der Waals surface area contributed by atoms with E-state index in [9.17, 15) is 0 Å². The Morgan fingerprint density at radius 3 is 2.70 bits per heavy atom. The first-order valence-electron chi connectivity index (χ1n) is 7.28. The maximum Gasteiger partial charge on any atom is 0.0992 e. The molecule has 0 atom stereocenters. The van der Waals surface area contributed by atoms with Gasteiger partial charge >= 0.3 is 0 Å². The molecule has 0 saturated heterocycles. The zero-order valence-corrected chi connectivity index (χ0v) is 13.0. The van der Waals surface area contributed by atoms with Gasteiger partial charge in [0.15, 0.2) is 0 Å². The largest absolute Gasteiger partial charge is 0.334 e. The molecule has 0 radical (unpaired) electrons. The molecule has 0 saturated carbocycles. The Morgan fingerprint density at radius 1 is 1.00 bits per heavy atom. The first-order chi connectivity index (χ1) is 11.3. The van der Waals surface area contributed by atoms with E-state index in [1.165, 1.54) is 5.39 Å². The summed E-state index contributed by atoms with van der Waals surface area (Å²) >= 11 is 6.17. The molecule has 4 heteroatoms. The standard InChI is InChI=1S/C19H12ClN3/c20-14-5-6-19-17(10-14)16-3-1-2-4-18(16)23(19)12-15-9-13(11-21)7-8-22-15/h1-10H,12H2. The lowest BCUT2D eigenvalue weighted by Gasteiger charge is -2.07. The normalized spacial score (nSPS) is 11.0. The van der Waals surface area contributed by atoms with Gasteiger partial charge in [-0.25, -0.2) is 0 Å². The van der Waals surface area contributed by atoms with E-state index in [1.54, 1.807) is 12.3 Å². The number of hydrogen-bond acceptors (Lipinski definition) is 2. The Balaban J connectivity index is 1.96. The lowest BCUT2D eigenvalue weighted by molar-refractivity contribution is 0.834. The zero-order chi connectivity index (χ0) is 15.8. The molecule has 0 bridgehead atoms. The van der Waals surface area contributed by atoms with Crippen LogP contribution in [0.4, 0.5) is 0 Å². The molecule has 0 aliphatic rings. The van der Waals surface area contributed by atoms with E-state index in [2.05, 4.69) is 27.8 Å². The Kier molecular flexibility index (Phi) is 3.25. The van der Waals surface area contributed by atoms with Crippen molar-refractivity contribution >= 4 is 33.4 Å². The number of fused-ring (bicyclic) bond motifs is 3. The summed E-state index contributed by atoms with van der Waals surface area (Å²) in [4.78, 5) is 4.40. The number of hydrogen-bond donors (Lipinski definition) is 0. The predicted octanol–water partition coefficient (Wildman–Crippen LogP) is 4.76. The quantitative estimate of drug-likeness (QED) is 0.534. The predicted molar refractivity (Wildman–Crippen MR) is 92.5 cm³/mol. The fourth-order valence-corrected chi connectivity index (χ4v) is 3.16. The van der Waals surface area contributed by atoms with E-state index >= 15 is 0 Å². The van der Waals surface area contributed by atoms with Crippen LogP contribution in [0.1, 0.15) is 11.3 Å². The maximum absolute atomic E-state index is 9.06. The SMILES string of the molecule is N#Cc1ccnc(Cn2c3ccccc3c3cc(Cl)ccc32)c1. The van der Waals surface area contributed by atoms with Crippen molar-refractivity contribution in [3.05, 3.63) is 77.1 Å². The van der Waals surface area contributed by atoms with E-state index in [1.807, 2.05) is 36.4 Å². The van der Waals surface area contributed by atoms with Crippen molar-refractivity contribution in [2.75, 3.05) is 0 Å². The summed E-state index contributed by atoms with van der Waals surface area (Å²) in [6.07, 6.45) is 1.68. The third-order valence-electron chi connectivity index (χ3n) is 4.00. The van der Waals surface area contributed by atoms with Crippen molar-refractivity contribution in [1.82, 2.24) is 9.55 Å². The van der Waals surface area contributed by atoms with Crippen LogP contribution in [0.3, 0.4) is 0 Å². The number of rotatable bonds is 2. The summed E-state index contributed by atoms with van der Waals surface area (Å²) in [5, 5.41) is 12.1. The minimum atomic E-state index is 0.612. The molecule has 0 aliphatic carbocycles. The highest BCUT2D eigenvalue weighted by atomic mass is 35.5. The number of para-hydroxylation sites is 1. The second kappa shape index (κ2) is 5.42. The third-order valence-corrected chi connectivity index (χ3v) is 4.24. The molecule has 0 fully saturated rings. The van der Waals surface area contributed by atoms with Crippen molar-refractivity contribution in [2.45, 2.75) is 6.54 Å². The van der Waals surface area contributed by atoms with Crippen LogP contribution < -0.4 is 0 Å². The van der Waals surface area contributed by atoms with Gasteiger partial charge < -0.3 is 4.57 Å². The number of nitrogens with zero attached hydrogens (tertiary/aromatic N) is 3. The molecule has 4 rings (SSSR count). The van der Waals surface area contributed by atoms with Crippen LogP contribution in [-0.4, -0.2) is 9.55 Å². The fourth-order valence-electron chi connectivity index (χ4n) is 2.99. The molecule has 23 heavy (non-hydrogen) atoms. The molecular weight excluding hydrogens is 306 g/mol. The summed E-state index contributed by atoms with van der Waals surface area (Å²) in [5.74, 6) is 0. The van der Waals surface area contributed by atoms with Crippen molar-refractivity contribution in [1.29, 1.82) is 5.26 Å². The molecule has 0 unspecified atom stereocenters. The highest BCUT2D eigenvalue weighted by Gasteiger charge is 2.11. The second-order valence-electron chi connectivity index (χ2n) is 5.41. The van der Waals surface area contributed by atoms with E-state index < -0.39 is 0 Å². The van der Waals surface area contributed by atoms with Crippen molar-refractivity contribution < 1.29 is 0 Å². The van der Waals surface area contributed by atoms with Gasteiger partial charge in [0.2, 0.25) is 0 Å². The van der Waals surface area contributed by atoms with E-state index in [-0.39, 0.29) is 0 Å². The summed E-state index contributed by atoms with van der Waals surface area (Å²) in [6.45, 7) is 0.612. The Morgan fingerprint density at radius 2 is 1.83 bits per heavy atom. The Bertz CT molecular complexity index is 1070. The minimum Gasteiger partial charge on any atom is -0.334 e. The smallest absolute Gasteiger partial charge is 0.0992 e. The topological polar surface area (TPSA) is 41.6 Å². The summed E-state index contributed by atoms with van der Waals surface area (Å²) in [5.41, 5.74) is 3.73. The molecule has 3 nitrogen and oxygen atoms in total. The molecule has 4 aromatic rings. The zero-order valence-electron chi connectivity index (χ0n) is 12.2. The lowest BCUT2D eigenvalue weighted by atomic mass is 10.2. The first kappa shape index (κ1) is 13.8.